The van der Waals surface area contributed by atoms with Gasteiger partial charge >= 0.3 is 0 Å². The van der Waals surface area contributed by atoms with Crippen molar-refractivity contribution in [1.29, 1.82) is 0 Å². The zero-order chi connectivity index (χ0) is 13.0. The van der Waals surface area contributed by atoms with E-state index in [-0.39, 0.29) is 5.82 Å². The normalized spacial score (nSPS) is 10.6. The largest absolute Gasteiger partial charge is 0.307 e. The average Bonchev–Trinajstić information content (AvgIpc) is 2.34. The van der Waals surface area contributed by atoms with Crippen LogP contribution >= 0.6 is 11.6 Å². The summed E-state index contributed by atoms with van der Waals surface area (Å²) in [5.74, 6) is 0.451. The fourth-order valence-corrected chi connectivity index (χ4v) is 1.79. The van der Waals surface area contributed by atoms with E-state index < -0.39 is 0 Å². The van der Waals surface area contributed by atoms with Crippen molar-refractivity contribution in [3.8, 4) is 0 Å². The molecule has 1 aromatic carbocycles. The van der Waals surface area contributed by atoms with Gasteiger partial charge in [0.15, 0.2) is 0 Å². The molecule has 0 unspecified atom stereocenters. The third kappa shape index (κ3) is 3.48. The average molecular weight is 266 g/mol. The van der Waals surface area contributed by atoms with Gasteiger partial charge in [-0.2, -0.15) is 0 Å². The number of halogens is 2. The molecule has 0 aliphatic heterocycles. The predicted octanol–water partition coefficient (Wildman–Crippen LogP) is 2.87. The summed E-state index contributed by atoms with van der Waals surface area (Å²) in [7, 11) is 0. The molecular weight excluding hydrogens is 253 g/mol. The Labute approximate surface area is 110 Å². The number of nitrogens with zero attached hydrogens (tertiary/aromatic N) is 2. The van der Waals surface area contributed by atoms with Crippen molar-refractivity contribution < 1.29 is 4.39 Å². The fourth-order valence-electron chi connectivity index (χ4n) is 1.61. The van der Waals surface area contributed by atoms with E-state index >= 15 is 0 Å². The Balaban J connectivity index is 1.94. The maximum Gasteiger partial charge on any atom is 0.125 e. The fraction of sp³-hybridized carbons (Fsp3) is 0.231. The summed E-state index contributed by atoms with van der Waals surface area (Å²) in [6.45, 7) is 2.93. The molecule has 0 saturated heterocycles. The molecule has 1 aromatic heterocycles. The Morgan fingerprint density at radius 3 is 2.89 bits per heavy atom. The van der Waals surface area contributed by atoms with Crippen LogP contribution in [0.2, 0.25) is 5.02 Å². The standard InChI is InChI=1S/C13H13ClFN3/c1-9-17-5-4-12(18-9)8-16-7-10-6-11(15)2-3-13(10)14/h2-6,16H,7-8H2,1H3. The summed E-state index contributed by atoms with van der Waals surface area (Å²) < 4.78 is 13.0. The second-order valence-electron chi connectivity index (χ2n) is 3.93. The maximum atomic E-state index is 13.0. The Hall–Kier alpha value is -1.52. The molecule has 1 N–H and O–H groups in total. The topological polar surface area (TPSA) is 37.8 Å². The highest BCUT2D eigenvalue weighted by Crippen LogP contribution is 2.16. The minimum absolute atomic E-state index is 0.283. The molecule has 2 aromatic rings. The lowest BCUT2D eigenvalue weighted by atomic mass is 10.2. The SMILES string of the molecule is Cc1nccc(CNCc2cc(F)ccc2Cl)n1. The number of nitrogens with one attached hydrogen (secondary N) is 1. The van der Waals surface area contributed by atoms with Crippen molar-refractivity contribution >= 4 is 11.6 Å². The van der Waals surface area contributed by atoms with E-state index in [1.54, 1.807) is 12.3 Å². The predicted molar refractivity (Wildman–Crippen MR) is 68.7 cm³/mol. The zero-order valence-electron chi connectivity index (χ0n) is 9.95. The van der Waals surface area contributed by atoms with E-state index in [2.05, 4.69) is 15.3 Å². The highest BCUT2D eigenvalue weighted by Gasteiger charge is 2.02. The van der Waals surface area contributed by atoms with Crippen LogP contribution in [-0.2, 0) is 13.1 Å². The van der Waals surface area contributed by atoms with E-state index in [1.807, 2.05) is 13.0 Å². The molecule has 0 radical (unpaired) electrons. The van der Waals surface area contributed by atoms with E-state index in [9.17, 15) is 4.39 Å². The Morgan fingerprint density at radius 1 is 1.28 bits per heavy atom. The molecule has 0 aliphatic carbocycles. The van der Waals surface area contributed by atoms with E-state index in [0.29, 0.717) is 18.1 Å². The minimum atomic E-state index is -0.283. The molecule has 3 nitrogen and oxygen atoms in total. The molecule has 0 spiro atoms. The summed E-state index contributed by atoms with van der Waals surface area (Å²) in [6.07, 6.45) is 1.72. The van der Waals surface area contributed by atoms with Crippen molar-refractivity contribution in [2.45, 2.75) is 20.0 Å². The third-order valence-corrected chi connectivity index (χ3v) is 2.83. The van der Waals surface area contributed by atoms with Gasteiger partial charge in [0.2, 0.25) is 0 Å². The Kier molecular flexibility index (Phi) is 4.23. The molecule has 0 aliphatic rings. The number of aryl methyl sites for hydroxylation is 1. The van der Waals surface area contributed by atoms with Gasteiger partial charge in [0, 0.05) is 24.3 Å². The lowest BCUT2D eigenvalue weighted by Crippen LogP contribution is -2.14. The summed E-state index contributed by atoms with van der Waals surface area (Å²) in [4.78, 5) is 8.29. The van der Waals surface area contributed by atoms with E-state index in [1.165, 1.54) is 12.1 Å². The number of hydrogen-bond acceptors (Lipinski definition) is 3. The van der Waals surface area contributed by atoms with Crippen LogP contribution in [0, 0.1) is 12.7 Å². The Bertz CT molecular complexity index is 546. The van der Waals surface area contributed by atoms with Gasteiger partial charge in [-0.05, 0) is 36.8 Å². The molecule has 5 heteroatoms. The monoisotopic (exact) mass is 265 g/mol. The summed E-state index contributed by atoms with van der Waals surface area (Å²) in [5, 5.41) is 3.73. The van der Waals surface area contributed by atoms with Gasteiger partial charge in [-0.25, -0.2) is 14.4 Å². The van der Waals surface area contributed by atoms with Gasteiger partial charge in [0.05, 0.1) is 5.69 Å². The Morgan fingerprint density at radius 2 is 2.11 bits per heavy atom. The van der Waals surface area contributed by atoms with Gasteiger partial charge in [-0.3, -0.25) is 0 Å². The maximum absolute atomic E-state index is 13.0. The highest BCUT2D eigenvalue weighted by molar-refractivity contribution is 6.31. The van der Waals surface area contributed by atoms with Crippen LogP contribution in [0.25, 0.3) is 0 Å². The first-order valence-electron chi connectivity index (χ1n) is 5.58. The van der Waals surface area contributed by atoms with Crippen LogP contribution in [-0.4, -0.2) is 9.97 Å². The molecule has 0 fully saturated rings. The molecular formula is C13H13ClFN3. The first kappa shape index (κ1) is 12.9. The molecule has 0 bridgehead atoms. The van der Waals surface area contributed by atoms with Crippen molar-refractivity contribution in [2.75, 3.05) is 0 Å². The van der Waals surface area contributed by atoms with Crippen molar-refractivity contribution in [3.05, 3.63) is 58.4 Å². The third-order valence-electron chi connectivity index (χ3n) is 2.46. The molecule has 94 valence electrons. The van der Waals surface area contributed by atoms with Gasteiger partial charge in [-0.15, -0.1) is 0 Å². The lowest BCUT2D eigenvalue weighted by molar-refractivity contribution is 0.619. The summed E-state index contributed by atoms with van der Waals surface area (Å²) in [5.41, 5.74) is 1.64. The van der Waals surface area contributed by atoms with E-state index in [4.69, 9.17) is 11.6 Å². The van der Waals surface area contributed by atoms with Gasteiger partial charge < -0.3 is 5.32 Å². The zero-order valence-corrected chi connectivity index (χ0v) is 10.7. The quantitative estimate of drug-likeness (QED) is 0.924. The van der Waals surface area contributed by atoms with Crippen LogP contribution in [0.15, 0.2) is 30.5 Å². The van der Waals surface area contributed by atoms with E-state index in [0.717, 1.165) is 17.1 Å². The second-order valence-corrected chi connectivity index (χ2v) is 4.34. The minimum Gasteiger partial charge on any atom is -0.307 e. The molecule has 0 atom stereocenters. The molecule has 2 rings (SSSR count). The van der Waals surface area contributed by atoms with Gasteiger partial charge in [0.1, 0.15) is 11.6 Å². The first-order chi connectivity index (χ1) is 8.65. The van der Waals surface area contributed by atoms with Crippen LogP contribution < -0.4 is 5.32 Å². The second kappa shape index (κ2) is 5.89. The molecule has 0 amide bonds. The lowest BCUT2D eigenvalue weighted by Gasteiger charge is -2.07. The number of aromatic nitrogens is 2. The first-order valence-corrected chi connectivity index (χ1v) is 5.96. The molecule has 0 saturated carbocycles. The van der Waals surface area contributed by atoms with Gasteiger partial charge in [-0.1, -0.05) is 11.6 Å². The molecule has 18 heavy (non-hydrogen) atoms. The van der Waals surface area contributed by atoms with Crippen LogP contribution in [0.1, 0.15) is 17.1 Å². The molecule has 1 heterocycles. The summed E-state index contributed by atoms with van der Waals surface area (Å²) in [6, 6.07) is 6.18. The van der Waals surface area contributed by atoms with Crippen molar-refractivity contribution in [1.82, 2.24) is 15.3 Å². The van der Waals surface area contributed by atoms with Crippen LogP contribution in [0.5, 0.6) is 0 Å². The van der Waals surface area contributed by atoms with Crippen LogP contribution in [0.3, 0.4) is 0 Å². The summed E-state index contributed by atoms with van der Waals surface area (Å²) >= 11 is 5.97. The number of benzene rings is 1. The van der Waals surface area contributed by atoms with Gasteiger partial charge in [0.25, 0.3) is 0 Å². The highest BCUT2D eigenvalue weighted by atomic mass is 35.5. The van der Waals surface area contributed by atoms with Crippen LogP contribution in [0.4, 0.5) is 4.39 Å². The number of hydrogen-bond donors (Lipinski definition) is 1. The number of rotatable bonds is 4. The van der Waals surface area contributed by atoms with Crippen molar-refractivity contribution in [3.63, 3.8) is 0 Å². The smallest absolute Gasteiger partial charge is 0.125 e. The van der Waals surface area contributed by atoms with Crippen molar-refractivity contribution in [2.24, 2.45) is 0 Å².